The Hall–Kier alpha value is -3.04. The van der Waals surface area contributed by atoms with Crippen molar-refractivity contribution in [2.45, 2.75) is 26.8 Å². The second-order valence-corrected chi connectivity index (χ2v) is 4.99. The van der Waals surface area contributed by atoms with Gasteiger partial charge in [-0.25, -0.2) is 13.6 Å². The van der Waals surface area contributed by atoms with Gasteiger partial charge in [-0.1, -0.05) is 5.16 Å². The van der Waals surface area contributed by atoms with Crippen LogP contribution in [-0.2, 0) is 4.79 Å². The number of aryl methyl sites for hydroxylation is 1. The summed E-state index contributed by atoms with van der Waals surface area (Å²) in [7, 11) is 0. The van der Waals surface area contributed by atoms with Gasteiger partial charge in [-0.05, 0) is 19.9 Å². The number of carbonyl (C=O) groups is 2. The fourth-order valence-electron chi connectivity index (χ4n) is 1.84. The molecule has 0 fully saturated rings. The molecule has 0 bridgehead atoms. The molecule has 0 aliphatic carbocycles. The number of urea groups is 1. The van der Waals surface area contributed by atoms with Crippen molar-refractivity contribution in [2.75, 3.05) is 10.6 Å². The molecule has 0 spiro atoms. The van der Waals surface area contributed by atoms with E-state index in [-0.39, 0.29) is 17.3 Å². The van der Waals surface area contributed by atoms with Crippen molar-refractivity contribution in [1.29, 1.82) is 0 Å². The van der Waals surface area contributed by atoms with Crippen LogP contribution in [0.5, 0.6) is 0 Å². The third kappa shape index (κ3) is 4.24. The van der Waals surface area contributed by atoms with Gasteiger partial charge in [-0.3, -0.25) is 4.79 Å². The number of anilines is 2. The molecular weight excluding hydrogens is 324 g/mol. The maximum Gasteiger partial charge on any atom is 0.319 e. The highest BCUT2D eigenvalue weighted by Crippen LogP contribution is 2.23. The molecule has 1 aromatic carbocycles. The van der Waals surface area contributed by atoms with E-state index in [0.717, 1.165) is 6.07 Å². The molecule has 0 radical (unpaired) electrons. The van der Waals surface area contributed by atoms with Gasteiger partial charge in [0, 0.05) is 13.0 Å². The van der Waals surface area contributed by atoms with Crippen LogP contribution in [0.4, 0.5) is 25.0 Å². The van der Waals surface area contributed by atoms with E-state index < -0.39 is 29.6 Å². The lowest BCUT2D eigenvalue weighted by Crippen LogP contribution is -2.31. The molecule has 0 aliphatic heterocycles. The minimum atomic E-state index is -0.988. The predicted octanol–water partition coefficient (Wildman–Crippen LogP) is 2.50. The van der Waals surface area contributed by atoms with Gasteiger partial charge < -0.3 is 20.5 Å². The Labute approximate surface area is 135 Å². The molecule has 10 heteroatoms. The number of halogens is 2. The van der Waals surface area contributed by atoms with Gasteiger partial charge in [0.1, 0.15) is 17.7 Å². The van der Waals surface area contributed by atoms with Crippen molar-refractivity contribution >= 4 is 23.3 Å². The molecule has 0 saturated carbocycles. The van der Waals surface area contributed by atoms with E-state index >= 15 is 0 Å². The molecule has 24 heavy (non-hydrogen) atoms. The normalized spacial score (nSPS) is 11.7. The van der Waals surface area contributed by atoms with Crippen molar-refractivity contribution in [1.82, 2.24) is 15.5 Å². The lowest BCUT2D eigenvalue weighted by Gasteiger charge is -2.13. The van der Waals surface area contributed by atoms with E-state index in [4.69, 9.17) is 4.52 Å². The smallest absolute Gasteiger partial charge is 0.319 e. The zero-order valence-corrected chi connectivity index (χ0v) is 13.1. The average Bonchev–Trinajstić information content (AvgIpc) is 2.90. The van der Waals surface area contributed by atoms with Gasteiger partial charge in [-0.2, -0.15) is 4.98 Å². The van der Waals surface area contributed by atoms with Gasteiger partial charge in [0.25, 0.3) is 0 Å². The number of aromatic nitrogens is 2. The Morgan fingerprint density at radius 1 is 1.17 bits per heavy atom. The van der Waals surface area contributed by atoms with E-state index in [1.807, 2.05) is 0 Å². The number of carbonyl (C=O) groups excluding carboxylic acids is 2. The Morgan fingerprint density at radius 2 is 1.79 bits per heavy atom. The summed E-state index contributed by atoms with van der Waals surface area (Å²) < 4.78 is 32.2. The molecule has 3 amide bonds. The fraction of sp³-hybridized carbons (Fsp3) is 0.286. The summed E-state index contributed by atoms with van der Waals surface area (Å²) in [5.41, 5.74) is -0.550. The summed E-state index contributed by atoms with van der Waals surface area (Å²) in [6.45, 7) is 4.39. The van der Waals surface area contributed by atoms with Gasteiger partial charge in [-0.15, -0.1) is 0 Å². The summed E-state index contributed by atoms with van der Waals surface area (Å²) in [4.78, 5) is 26.9. The Balaban J connectivity index is 2.09. The average molecular weight is 339 g/mol. The summed E-state index contributed by atoms with van der Waals surface area (Å²) >= 11 is 0. The maximum absolute atomic E-state index is 13.8. The van der Waals surface area contributed by atoms with E-state index in [1.165, 1.54) is 6.92 Å². The van der Waals surface area contributed by atoms with Gasteiger partial charge in [0.15, 0.2) is 5.82 Å². The number of hydrogen-bond acceptors (Lipinski definition) is 5. The summed E-state index contributed by atoms with van der Waals surface area (Å²) in [6.07, 6.45) is 0. The molecule has 1 unspecified atom stereocenters. The number of amides is 3. The molecule has 1 heterocycles. The van der Waals surface area contributed by atoms with E-state index in [1.54, 1.807) is 13.8 Å². The quantitative estimate of drug-likeness (QED) is 0.793. The largest absolute Gasteiger partial charge is 0.337 e. The molecule has 1 atom stereocenters. The number of benzene rings is 1. The minimum absolute atomic E-state index is 0.182. The first kappa shape index (κ1) is 17.3. The monoisotopic (exact) mass is 339 g/mol. The second-order valence-electron chi connectivity index (χ2n) is 4.99. The highest BCUT2D eigenvalue weighted by molar-refractivity contribution is 5.92. The van der Waals surface area contributed by atoms with Crippen molar-refractivity contribution in [3.63, 3.8) is 0 Å². The van der Waals surface area contributed by atoms with Crippen LogP contribution >= 0.6 is 0 Å². The lowest BCUT2D eigenvalue weighted by atomic mass is 10.2. The number of nitrogens with one attached hydrogen (secondary N) is 3. The van der Waals surface area contributed by atoms with Crippen molar-refractivity contribution < 1.29 is 22.9 Å². The van der Waals surface area contributed by atoms with Crippen LogP contribution in [0.25, 0.3) is 0 Å². The third-order valence-corrected chi connectivity index (χ3v) is 2.88. The zero-order valence-electron chi connectivity index (χ0n) is 13.1. The van der Waals surface area contributed by atoms with Crippen molar-refractivity contribution in [3.05, 3.63) is 35.5 Å². The predicted molar refractivity (Wildman–Crippen MR) is 80.3 cm³/mol. The zero-order chi connectivity index (χ0) is 17.9. The lowest BCUT2D eigenvalue weighted by molar-refractivity contribution is -0.114. The number of nitrogens with zero attached hydrogens (tertiary/aromatic N) is 2. The van der Waals surface area contributed by atoms with Crippen LogP contribution < -0.4 is 16.0 Å². The Bertz CT molecular complexity index is 778. The molecule has 0 aliphatic rings. The maximum atomic E-state index is 13.8. The van der Waals surface area contributed by atoms with Gasteiger partial charge >= 0.3 is 6.03 Å². The molecule has 128 valence electrons. The van der Waals surface area contributed by atoms with Crippen LogP contribution in [0.15, 0.2) is 16.7 Å². The first-order valence-electron chi connectivity index (χ1n) is 6.90. The third-order valence-electron chi connectivity index (χ3n) is 2.88. The Morgan fingerprint density at radius 3 is 2.33 bits per heavy atom. The van der Waals surface area contributed by atoms with E-state index in [9.17, 15) is 18.4 Å². The highest BCUT2D eigenvalue weighted by Gasteiger charge is 2.17. The fourth-order valence-corrected chi connectivity index (χ4v) is 1.84. The molecular formula is C14H15F2N5O3. The SMILES string of the molecule is CC(=O)Nc1cc(NC(=O)NC(C)c2nc(C)no2)c(F)cc1F. The van der Waals surface area contributed by atoms with Crippen LogP contribution in [0.3, 0.4) is 0 Å². The molecule has 2 rings (SSSR count). The highest BCUT2D eigenvalue weighted by atomic mass is 19.1. The van der Waals surface area contributed by atoms with Crippen LogP contribution in [0.1, 0.15) is 31.6 Å². The molecule has 1 aromatic heterocycles. The van der Waals surface area contributed by atoms with Crippen molar-refractivity contribution in [3.8, 4) is 0 Å². The summed E-state index contributed by atoms with van der Waals surface area (Å²) in [5.74, 6) is -1.89. The van der Waals surface area contributed by atoms with E-state index in [2.05, 4.69) is 26.1 Å². The second kappa shape index (κ2) is 7.02. The molecule has 0 saturated heterocycles. The first-order valence-corrected chi connectivity index (χ1v) is 6.90. The van der Waals surface area contributed by atoms with Crippen LogP contribution in [0, 0.1) is 18.6 Å². The summed E-state index contributed by atoms with van der Waals surface area (Å²) in [5, 5.41) is 10.5. The van der Waals surface area contributed by atoms with Crippen LogP contribution in [0.2, 0.25) is 0 Å². The summed E-state index contributed by atoms with van der Waals surface area (Å²) in [6, 6.07) is 0.154. The topological polar surface area (TPSA) is 109 Å². The Kier molecular flexibility index (Phi) is 5.07. The van der Waals surface area contributed by atoms with E-state index in [0.29, 0.717) is 11.9 Å². The standard InChI is InChI=1S/C14H15F2N5O3/c1-6(13-18-7(2)21-24-13)17-14(23)20-12-5-11(19-8(3)22)9(15)4-10(12)16/h4-6H,1-3H3,(H,19,22)(H2,17,20,23). The van der Waals surface area contributed by atoms with Gasteiger partial charge in [0.05, 0.1) is 11.4 Å². The van der Waals surface area contributed by atoms with Crippen LogP contribution in [-0.4, -0.2) is 22.1 Å². The van der Waals surface area contributed by atoms with Crippen molar-refractivity contribution in [2.24, 2.45) is 0 Å². The molecule has 3 N–H and O–H groups in total. The van der Waals surface area contributed by atoms with Gasteiger partial charge in [0.2, 0.25) is 11.8 Å². The minimum Gasteiger partial charge on any atom is -0.337 e. The number of rotatable bonds is 4. The molecule has 2 aromatic rings. The number of hydrogen-bond donors (Lipinski definition) is 3. The molecule has 8 nitrogen and oxygen atoms in total. The first-order chi connectivity index (χ1) is 11.3.